The number of amides is 1. The van der Waals surface area contributed by atoms with Gasteiger partial charge in [-0.25, -0.2) is 4.79 Å². The number of hydrogen-bond acceptors (Lipinski definition) is 6. The Kier molecular flexibility index (Phi) is 8.23. The van der Waals surface area contributed by atoms with Crippen molar-refractivity contribution in [2.24, 2.45) is 0 Å². The minimum Gasteiger partial charge on any atom is -0.497 e. The van der Waals surface area contributed by atoms with E-state index >= 15 is 0 Å². The molecule has 8 heteroatoms. The Hall–Kier alpha value is -3.13. The number of carbonyl (C=O) groups is 2. The molecule has 0 saturated carbocycles. The van der Waals surface area contributed by atoms with Gasteiger partial charge in [-0.3, -0.25) is 10.1 Å². The fourth-order valence-electron chi connectivity index (χ4n) is 2.11. The van der Waals surface area contributed by atoms with Gasteiger partial charge < -0.3 is 19.5 Å². The second-order valence-electron chi connectivity index (χ2n) is 5.68. The third kappa shape index (κ3) is 6.88. The van der Waals surface area contributed by atoms with Gasteiger partial charge in [0.05, 0.1) is 19.3 Å². The van der Waals surface area contributed by atoms with Crippen LogP contribution in [0.3, 0.4) is 0 Å². The monoisotopic (exact) mass is 402 g/mol. The molecule has 0 saturated heterocycles. The lowest BCUT2D eigenvalue weighted by Gasteiger charge is -2.11. The Morgan fingerprint density at radius 2 is 1.64 bits per heavy atom. The summed E-state index contributed by atoms with van der Waals surface area (Å²) in [5.41, 5.74) is 1.08. The Labute approximate surface area is 169 Å². The number of rotatable bonds is 8. The second-order valence-corrected chi connectivity index (χ2v) is 6.09. The molecule has 28 heavy (non-hydrogen) atoms. The molecule has 0 aliphatic carbocycles. The fourth-order valence-corrected chi connectivity index (χ4v) is 2.35. The zero-order valence-corrected chi connectivity index (χ0v) is 16.5. The molecular formula is C20H22N2O5S. The number of methoxy groups -OCH3 is 1. The summed E-state index contributed by atoms with van der Waals surface area (Å²) in [5.74, 6) is 0.472. The van der Waals surface area contributed by atoms with Crippen molar-refractivity contribution < 1.29 is 23.8 Å². The van der Waals surface area contributed by atoms with Crippen molar-refractivity contribution in [2.75, 3.05) is 25.6 Å². The van der Waals surface area contributed by atoms with Gasteiger partial charge in [0.1, 0.15) is 11.5 Å². The van der Waals surface area contributed by atoms with Gasteiger partial charge in [0.25, 0.3) is 5.91 Å². The molecule has 0 radical (unpaired) electrons. The summed E-state index contributed by atoms with van der Waals surface area (Å²) in [6.07, 6.45) is 0.765. The number of nitrogens with one attached hydrogen (secondary N) is 2. The number of benzene rings is 2. The Morgan fingerprint density at radius 3 is 2.25 bits per heavy atom. The van der Waals surface area contributed by atoms with Crippen molar-refractivity contribution in [2.45, 2.75) is 13.3 Å². The lowest BCUT2D eigenvalue weighted by atomic mass is 10.2. The van der Waals surface area contributed by atoms with Crippen LogP contribution < -0.4 is 20.1 Å². The molecule has 148 valence electrons. The minimum atomic E-state index is -0.395. The normalized spacial score (nSPS) is 9.93. The second kappa shape index (κ2) is 10.9. The van der Waals surface area contributed by atoms with Gasteiger partial charge in [-0.1, -0.05) is 6.92 Å². The molecular weight excluding hydrogens is 380 g/mol. The van der Waals surface area contributed by atoms with Crippen molar-refractivity contribution in [3.63, 3.8) is 0 Å². The molecule has 2 rings (SSSR count). The van der Waals surface area contributed by atoms with E-state index in [0.717, 1.165) is 6.42 Å². The van der Waals surface area contributed by atoms with Crippen LogP contribution in [-0.4, -0.2) is 37.3 Å². The van der Waals surface area contributed by atoms with E-state index in [1.54, 1.807) is 55.6 Å². The van der Waals surface area contributed by atoms with Crippen molar-refractivity contribution in [1.82, 2.24) is 5.32 Å². The lowest BCUT2D eigenvalue weighted by Crippen LogP contribution is -2.37. The summed E-state index contributed by atoms with van der Waals surface area (Å²) < 4.78 is 15.5. The van der Waals surface area contributed by atoms with Gasteiger partial charge in [-0.2, -0.15) is 0 Å². The van der Waals surface area contributed by atoms with Gasteiger partial charge in [0, 0.05) is 5.69 Å². The SMILES string of the molecule is CCCOC(=O)c1ccc(NC(=S)NC(=O)COc2ccc(OC)cc2)cc1. The molecule has 0 bridgehead atoms. The molecule has 0 aliphatic rings. The highest BCUT2D eigenvalue weighted by molar-refractivity contribution is 7.80. The van der Waals surface area contributed by atoms with E-state index in [9.17, 15) is 9.59 Å². The Balaban J connectivity index is 1.77. The first-order chi connectivity index (χ1) is 13.5. The number of thiocarbonyl (C=S) groups is 1. The van der Waals surface area contributed by atoms with E-state index < -0.39 is 5.91 Å². The van der Waals surface area contributed by atoms with Crippen LogP contribution in [-0.2, 0) is 9.53 Å². The fraction of sp³-hybridized carbons (Fsp3) is 0.250. The van der Waals surface area contributed by atoms with Crippen LogP contribution in [0.2, 0.25) is 0 Å². The van der Waals surface area contributed by atoms with Crippen molar-refractivity contribution in [3.8, 4) is 11.5 Å². The van der Waals surface area contributed by atoms with Crippen molar-refractivity contribution >= 4 is 34.9 Å². The molecule has 2 N–H and O–H groups in total. The molecule has 0 aromatic heterocycles. The lowest BCUT2D eigenvalue weighted by molar-refractivity contribution is -0.121. The van der Waals surface area contributed by atoms with E-state index in [4.69, 9.17) is 26.4 Å². The molecule has 0 heterocycles. The minimum absolute atomic E-state index is 0.129. The number of carbonyl (C=O) groups excluding carboxylic acids is 2. The number of anilines is 1. The zero-order chi connectivity index (χ0) is 20.4. The average molecular weight is 402 g/mol. The van der Waals surface area contributed by atoms with Crippen LogP contribution in [0.1, 0.15) is 23.7 Å². The summed E-state index contributed by atoms with van der Waals surface area (Å²) in [6, 6.07) is 13.5. The molecule has 1 amide bonds. The summed E-state index contributed by atoms with van der Waals surface area (Å²) in [4.78, 5) is 23.7. The number of esters is 1. The molecule has 0 spiro atoms. The highest BCUT2D eigenvalue weighted by Crippen LogP contribution is 2.16. The number of hydrogen-bond donors (Lipinski definition) is 2. The molecule has 7 nitrogen and oxygen atoms in total. The third-order valence-corrected chi connectivity index (χ3v) is 3.70. The summed E-state index contributed by atoms with van der Waals surface area (Å²) >= 11 is 5.11. The van der Waals surface area contributed by atoms with E-state index in [0.29, 0.717) is 29.4 Å². The number of ether oxygens (including phenoxy) is 3. The molecule has 0 atom stereocenters. The predicted octanol–water partition coefficient (Wildman–Crippen LogP) is 3.15. The highest BCUT2D eigenvalue weighted by atomic mass is 32.1. The van der Waals surface area contributed by atoms with Crippen LogP contribution in [0, 0.1) is 0 Å². The van der Waals surface area contributed by atoms with E-state index in [1.807, 2.05) is 6.92 Å². The first-order valence-corrected chi connectivity index (χ1v) is 9.07. The van der Waals surface area contributed by atoms with E-state index in [1.165, 1.54) is 0 Å². The Bertz CT molecular complexity index is 806. The van der Waals surface area contributed by atoms with Gasteiger partial charge in [0.2, 0.25) is 0 Å². The smallest absolute Gasteiger partial charge is 0.338 e. The zero-order valence-electron chi connectivity index (χ0n) is 15.7. The Morgan fingerprint density at radius 1 is 1.00 bits per heavy atom. The highest BCUT2D eigenvalue weighted by Gasteiger charge is 2.09. The summed E-state index contributed by atoms with van der Waals surface area (Å²) in [6.45, 7) is 2.13. The van der Waals surface area contributed by atoms with Gasteiger partial charge in [0.15, 0.2) is 11.7 Å². The van der Waals surface area contributed by atoms with E-state index in [2.05, 4.69) is 10.6 Å². The summed E-state index contributed by atoms with van der Waals surface area (Å²) in [5, 5.41) is 5.53. The van der Waals surface area contributed by atoms with Crippen LogP contribution in [0.15, 0.2) is 48.5 Å². The van der Waals surface area contributed by atoms with Crippen LogP contribution in [0.4, 0.5) is 5.69 Å². The average Bonchev–Trinajstić information content (AvgIpc) is 2.71. The molecule has 0 unspecified atom stereocenters. The van der Waals surface area contributed by atoms with Crippen molar-refractivity contribution in [3.05, 3.63) is 54.1 Å². The first kappa shape index (κ1) is 21.2. The first-order valence-electron chi connectivity index (χ1n) is 8.66. The van der Waals surface area contributed by atoms with Crippen LogP contribution in [0.25, 0.3) is 0 Å². The molecule has 2 aromatic carbocycles. The maximum absolute atomic E-state index is 11.9. The van der Waals surface area contributed by atoms with Gasteiger partial charge in [-0.05, 0) is 67.2 Å². The van der Waals surface area contributed by atoms with Crippen LogP contribution in [0.5, 0.6) is 11.5 Å². The van der Waals surface area contributed by atoms with Crippen LogP contribution >= 0.6 is 12.2 Å². The maximum atomic E-state index is 11.9. The summed E-state index contributed by atoms with van der Waals surface area (Å²) in [7, 11) is 1.57. The largest absolute Gasteiger partial charge is 0.497 e. The third-order valence-electron chi connectivity index (χ3n) is 3.50. The topological polar surface area (TPSA) is 85.9 Å². The molecule has 0 fully saturated rings. The van der Waals surface area contributed by atoms with Crippen molar-refractivity contribution in [1.29, 1.82) is 0 Å². The molecule has 0 aliphatic heterocycles. The predicted molar refractivity (Wildman–Crippen MR) is 110 cm³/mol. The maximum Gasteiger partial charge on any atom is 0.338 e. The standard InChI is InChI=1S/C20H22N2O5S/c1-3-12-26-19(24)14-4-6-15(7-5-14)21-20(28)22-18(23)13-27-17-10-8-16(25-2)9-11-17/h4-11H,3,12-13H2,1-2H3,(H2,21,22,23,28). The van der Waals surface area contributed by atoms with E-state index in [-0.39, 0.29) is 17.7 Å². The van der Waals surface area contributed by atoms with Gasteiger partial charge in [-0.15, -0.1) is 0 Å². The molecule has 2 aromatic rings. The quantitative estimate of drug-likeness (QED) is 0.518. The van der Waals surface area contributed by atoms with Gasteiger partial charge >= 0.3 is 5.97 Å².